The molecule has 2 rings (SSSR count). The van der Waals surface area contributed by atoms with Crippen LogP contribution in [-0.4, -0.2) is 93.0 Å². The number of morpholine rings is 1. The fraction of sp³-hybridized carbons (Fsp3) is 0.889. The summed E-state index contributed by atoms with van der Waals surface area (Å²) < 4.78 is 10.8. The van der Waals surface area contributed by atoms with E-state index in [9.17, 15) is 4.79 Å². The number of amides is 1. The zero-order chi connectivity index (χ0) is 19.2. The van der Waals surface area contributed by atoms with Crippen molar-refractivity contribution in [3.63, 3.8) is 0 Å². The molecule has 2 fully saturated rings. The minimum absolute atomic E-state index is 0. The van der Waals surface area contributed by atoms with E-state index in [2.05, 4.69) is 27.4 Å². The van der Waals surface area contributed by atoms with E-state index in [1.54, 1.807) is 11.9 Å². The lowest BCUT2D eigenvalue weighted by Gasteiger charge is -2.40. The summed E-state index contributed by atoms with van der Waals surface area (Å²) >= 11 is 0. The van der Waals surface area contributed by atoms with Crippen LogP contribution in [0.3, 0.4) is 0 Å². The van der Waals surface area contributed by atoms with E-state index < -0.39 is 5.60 Å². The number of halogens is 1. The molecule has 0 spiro atoms. The Balaban J connectivity index is 0.00000364. The average Bonchev–Trinajstić information content (AvgIpc) is 2.52. The summed E-state index contributed by atoms with van der Waals surface area (Å²) in [6.07, 6.45) is -0.252. The number of nitrogens with zero attached hydrogens (tertiary/aromatic N) is 3. The van der Waals surface area contributed by atoms with Crippen LogP contribution in [0.25, 0.3) is 0 Å². The highest BCUT2D eigenvalue weighted by Crippen LogP contribution is 2.15. The number of carbonyl (C=O) groups is 1. The first kappa shape index (κ1) is 24.2. The smallest absolute Gasteiger partial charge is 0.410 e. The van der Waals surface area contributed by atoms with E-state index in [0.29, 0.717) is 19.0 Å². The molecule has 9 heteroatoms. The number of ether oxygens (including phenoxy) is 2. The van der Waals surface area contributed by atoms with Gasteiger partial charge in [-0.3, -0.25) is 9.89 Å². The van der Waals surface area contributed by atoms with Crippen molar-refractivity contribution in [3.05, 3.63) is 0 Å². The van der Waals surface area contributed by atoms with Crippen LogP contribution in [0.15, 0.2) is 4.99 Å². The molecule has 2 saturated heterocycles. The van der Waals surface area contributed by atoms with Gasteiger partial charge in [-0.2, -0.15) is 0 Å². The first-order chi connectivity index (χ1) is 12.3. The predicted octanol–water partition coefficient (Wildman–Crippen LogP) is 1.36. The molecule has 0 aromatic heterocycles. The number of aliphatic imine (C=N–C) groups is 1. The Morgan fingerprint density at radius 3 is 2.48 bits per heavy atom. The van der Waals surface area contributed by atoms with Crippen LogP contribution in [0.2, 0.25) is 0 Å². The molecule has 0 aromatic rings. The van der Waals surface area contributed by atoms with Gasteiger partial charge in [0.05, 0.1) is 19.3 Å². The third-order valence-electron chi connectivity index (χ3n) is 4.39. The number of hydrogen-bond acceptors (Lipinski definition) is 5. The SMILES string of the molecule is CN=C(NCC(C)CN1CCOCC1)NC1CN(C(=O)OC(C)(C)C)C1.I. The zero-order valence-electron chi connectivity index (χ0n) is 17.3. The van der Waals surface area contributed by atoms with Gasteiger partial charge >= 0.3 is 6.09 Å². The topological polar surface area (TPSA) is 78.4 Å². The Morgan fingerprint density at radius 1 is 1.30 bits per heavy atom. The van der Waals surface area contributed by atoms with Gasteiger partial charge in [-0.15, -0.1) is 24.0 Å². The predicted molar refractivity (Wildman–Crippen MR) is 118 cm³/mol. The van der Waals surface area contributed by atoms with Gasteiger partial charge in [0.15, 0.2) is 5.96 Å². The van der Waals surface area contributed by atoms with Gasteiger partial charge in [-0.25, -0.2) is 4.79 Å². The highest BCUT2D eigenvalue weighted by Gasteiger charge is 2.34. The molecule has 0 aromatic carbocycles. The second kappa shape index (κ2) is 11.3. The summed E-state index contributed by atoms with van der Waals surface area (Å²) in [5, 5.41) is 6.75. The maximum atomic E-state index is 12.0. The quantitative estimate of drug-likeness (QED) is 0.340. The van der Waals surface area contributed by atoms with Gasteiger partial charge in [0.2, 0.25) is 0 Å². The second-order valence-electron chi connectivity index (χ2n) is 8.20. The van der Waals surface area contributed by atoms with Crippen molar-refractivity contribution in [2.24, 2.45) is 10.9 Å². The maximum absolute atomic E-state index is 12.0. The fourth-order valence-corrected chi connectivity index (χ4v) is 2.99. The molecule has 2 heterocycles. The molecule has 0 radical (unpaired) electrons. The van der Waals surface area contributed by atoms with Crippen molar-refractivity contribution in [2.75, 3.05) is 59.5 Å². The Kier molecular flexibility index (Phi) is 10.1. The molecule has 2 aliphatic heterocycles. The first-order valence-corrected chi connectivity index (χ1v) is 9.52. The lowest BCUT2D eigenvalue weighted by atomic mass is 10.1. The molecular formula is C18H36IN5O3. The average molecular weight is 497 g/mol. The summed E-state index contributed by atoms with van der Waals surface area (Å²) in [7, 11) is 1.77. The standard InChI is InChI=1S/C18H35N5O3.HI/c1-14(11-22-6-8-25-9-7-22)10-20-16(19-5)21-15-12-23(13-15)17(24)26-18(2,3)4;/h14-15H,6-13H2,1-5H3,(H2,19,20,21);1H. The molecule has 158 valence electrons. The van der Waals surface area contributed by atoms with Crippen LogP contribution in [-0.2, 0) is 9.47 Å². The molecule has 1 atom stereocenters. The van der Waals surface area contributed by atoms with Crippen molar-refractivity contribution in [1.29, 1.82) is 0 Å². The van der Waals surface area contributed by atoms with E-state index in [1.807, 2.05) is 20.8 Å². The second-order valence-corrected chi connectivity index (χ2v) is 8.20. The van der Waals surface area contributed by atoms with Crippen LogP contribution < -0.4 is 10.6 Å². The minimum atomic E-state index is -0.455. The van der Waals surface area contributed by atoms with Crippen molar-refractivity contribution >= 4 is 36.0 Å². The van der Waals surface area contributed by atoms with Crippen LogP contribution >= 0.6 is 24.0 Å². The van der Waals surface area contributed by atoms with E-state index >= 15 is 0 Å². The lowest BCUT2D eigenvalue weighted by Crippen LogP contribution is -2.63. The van der Waals surface area contributed by atoms with Crippen LogP contribution in [0.4, 0.5) is 4.79 Å². The fourth-order valence-electron chi connectivity index (χ4n) is 2.99. The molecule has 27 heavy (non-hydrogen) atoms. The third-order valence-corrected chi connectivity index (χ3v) is 4.39. The number of nitrogens with one attached hydrogen (secondary N) is 2. The number of hydrogen-bond donors (Lipinski definition) is 2. The Labute approximate surface area is 180 Å². The van der Waals surface area contributed by atoms with Gasteiger partial charge in [0, 0.05) is 46.3 Å². The Bertz CT molecular complexity index is 486. The summed E-state index contributed by atoms with van der Waals surface area (Å²) in [6, 6.07) is 0.211. The summed E-state index contributed by atoms with van der Waals surface area (Å²) in [5.74, 6) is 1.30. The van der Waals surface area contributed by atoms with E-state index in [0.717, 1.165) is 45.4 Å². The van der Waals surface area contributed by atoms with Crippen molar-refractivity contribution < 1.29 is 14.3 Å². The lowest BCUT2D eigenvalue weighted by molar-refractivity contribution is 0.00700. The summed E-state index contributed by atoms with van der Waals surface area (Å²) in [6.45, 7) is 14.8. The molecule has 0 bridgehead atoms. The number of carbonyl (C=O) groups excluding carboxylic acids is 1. The Hall–Kier alpha value is -0.810. The highest BCUT2D eigenvalue weighted by molar-refractivity contribution is 14.0. The molecule has 2 N–H and O–H groups in total. The number of guanidine groups is 1. The molecule has 0 aliphatic carbocycles. The van der Waals surface area contributed by atoms with Crippen molar-refractivity contribution in [1.82, 2.24) is 20.4 Å². The van der Waals surface area contributed by atoms with Crippen LogP contribution in [0.1, 0.15) is 27.7 Å². The van der Waals surface area contributed by atoms with Gasteiger partial charge in [0.1, 0.15) is 5.60 Å². The van der Waals surface area contributed by atoms with Crippen molar-refractivity contribution in [3.8, 4) is 0 Å². The van der Waals surface area contributed by atoms with Crippen molar-refractivity contribution in [2.45, 2.75) is 39.3 Å². The van der Waals surface area contributed by atoms with Gasteiger partial charge in [-0.05, 0) is 26.7 Å². The maximum Gasteiger partial charge on any atom is 0.410 e. The number of likely N-dealkylation sites (tertiary alicyclic amines) is 1. The molecule has 0 saturated carbocycles. The molecule has 1 unspecified atom stereocenters. The Morgan fingerprint density at radius 2 is 1.93 bits per heavy atom. The van der Waals surface area contributed by atoms with E-state index in [1.165, 1.54) is 0 Å². The molecule has 2 aliphatic rings. The van der Waals surface area contributed by atoms with Gasteiger partial charge in [-0.1, -0.05) is 6.92 Å². The normalized spacial score (nSPS) is 20.3. The van der Waals surface area contributed by atoms with Gasteiger partial charge < -0.3 is 25.0 Å². The zero-order valence-corrected chi connectivity index (χ0v) is 19.6. The highest BCUT2D eigenvalue weighted by atomic mass is 127. The van der Waals surface area contributed by atoms with E-state index in [4.69, 9.17) is 9.47 Å². The minimum Gasteiger partial charge on any atom is -0.444 e. The third kappa shape index (κ3) is 8.82. The van der Waals surface area contributed by atoms with Gasteiger partial charge in [0.25, 0.3) is 0 Å². The molecular weight excluding hydrogens is 461 g/mol. The largest absolute Gasteiger partial charge is 0.444 e. The van der Waals surface area contributed by atoms with Crippen LogP contribution in [0.5, 0.6) is 0 Å². The van der Waals surface area contributed by atoms with E-state index in [-0.39, 0.29) is 36.1 Å². The van der Waals surface area contributed by atoms with Crippen LogP contribution in [0, 0.1) is 5.92 Å². The summed E-state index contributed by atoms with van der Waals surface area (Å²) in [5.41, 5.74) is -0.455. The summed E-state index contributed by atoms with van der Waals surface area (Å²) in [4.78, 5) is 20.4. The first-order valence-electron chi connectivity index (χ1n) is 9.52. The monoisotopic (exact) mass is 497 g/mol. The molecule has 1 amide bonds. The number of rotatable bonds is 5. The molecule has 8 nitrogen and oxygen atoms in total.